The van der Waals surface area contributed by atoms with Crippen molar-refractivity contribution in [1.29, 1.82) is 0 Å². The second-order valence-electron chi connectivity index (χ2n) is 5.22. The Balaban J connectivity index is 2.19. The number of hydrogen-bond donors (Lipinski definition) is 1. The molecule has 1 N–H and O–H groups in total. The molecule has 2 aromatic rings. The first-order valence-electron chi connectivity index (χ1n) is 7.07. The Morgan fingerprint density at radius 2 is 2.00 bits per heavy atom. The number of thioether (sulfide) groups is 1. The minimum absolute atomic E-state index is 0.171. The van der Waals surface area contributed by atoms with Gasteiger partial charge in [0, 0.05) is 33.1 Å². The van der Waals surface area contributed by atoms with E-state index in [9.17, 15) is 5.11 Å². The molecule has 0 aliphatic rings. The van der Waals surface area contributed by atoms with E-state index in [-0.39, 0.29) is 5.92 Å². The topological polar surface area (TPSA) is 33.1 Å². The molecular weight excluding hydrogens is 346 g/mol. The molecule has 0 amide bonds. The predicted molar refractivity (Wildman–Crippen MR) is 92.5 cm³/mol. The maximum atomic E-state index is 11.2. The number of hydrogen-bond acceptors (Lipinski definition) is 3. The molecule has 2 nitrogen and oxygen atoms in total. The molecule has 0 saturated carbocycles. The summed E-state index contributed by atoms with van der Waals surface area (Å²) >= 11 is 5.12. The maximum Gasteiger partial charge on any atom is 0.103 e. The average molecular weight is 366 g/mol. The van der Waals surface area contributed by atoms with E-state index in [1.54, 1.807) is 24.2 Å². The van der Waals surface area contributed by atoms with Crippen LogP contribution in [0.4, 0.5) is 0 Å². The first kappa shape index (κ1) is 16.5. The fraction of sp³-hybridized carbons (Fsp3) is 0.353. The van der Waals surface area contributed by atoms with Gasteiger partial charge in [0.05, 0.1) is 0 Å². The lowest BCUT2D eigenvalue weighted by Gasteiger charge is -2.33. The van der Waals surface area contributed by atoms with Crippen LogP contribution in [0.15, 0.2) is 58.2 Å². The molecule has 2 unspecified atom stereocenters. The minimum Gasteiger partial charge on any atom is -0.384 e. The second-order valence-corrected chi connectivity index (χ2v) is 7.18. The van der Waals surface area contributed by atoms with E-state index in [4.69, 9.17) is 0 Å². The molecule has 0 aliphatic carbocycles. The Labute approximate surface area is 139 Å². The maximum absolute atomic E-state index is 11.2. The van der Waals surface area contributed by atoms with Crippen molar-refractivity contribution in [3.8, 4) is 0 Å². The van der Waals surface area contributed by atoms with Crippen LogP contribution >= 0.6 is 27.7 Å². The number of aliphatic hydroxyl groups is 1. The van der Waals surface area contributed by atoms with E-state index in [1.807, 2.05) is 24.3 Å². The van der Waals surface area contributed by atoms with Crippen molar-refractivity contribution in [1.82, 2.24) is 4.98 Å². The van der Waals surface area contributed by atoms with Gasteiger partial charge in [0.15, 0.2) is 0 Å². The molecule has 0 fully saturated rings. The van der Waals surface area contributed by atoms with E-state index >= 15 is 0 Å². The second kappa shape index (κ2) is 7.43. The van der Waals surface area contributed by atoms with Crippen LogP contribution < -0.4 is 0 Å². The lowest BCUT2D eigenvalue weighted by molar-refractivity contribution is 0.00473. The van der Waals surface area contributed by atoms with Crippen molar-refractivity contribution in [2.24, 2.45) is 5.92 Å². The highest BCUT2D eigenvalue weighted by Gasteiger charge is 2.35. The summed E-state index contributed by atoms with van der Waals surface area (Å²) in [5.41, 5.74) is 0.0322. The highest BCUT2D eigenvalue weighted by Crippen LogP contribution is 2.37. The van der Waals surface area contributed by atoms with Gasteiger partial charge in [-0.25, -0.2) is 0 Å². The summed E-state index contributed by atoms with van der Waals surface area (Å²) in [6, 6.07) is 12.0. The number of benzene rings is 1. The smallest absolute Gasteiger partial charge is 0.103 e. The number of nitrogens with zero attached hydrogens (tertiary/aromatic N) is 1. The van der Waals surface area contributed by atoms with Crippen LogP contribution in [0.2, 0.25) is 0 Å². The predicted octanol–water partition coefficient (Wildman–Crippen LogP) is 4.87. The Kier molecular flexibility index (Phi) is 5.85. The van der Waals surface area contributed by atoms with E-state index in [1.165, 1.54) is 0 Å². The highest BCUT2D eigenvalue weighted by atomic mass is 79.9. The summed E-state index contributed by atoms with van der Waals surface area (Å²) in [6.07, 6.45) is 4.43. The van der Waals surface area contributed by atoms with Crippen LogP contribution in [-0.2, 0) is 5.60 Å². The van der Waals surface area contributed by atoms with E-state index in [0.29, 0.717) is 5.75 Å². The third-order valence-corrected chi connectivity index (χ3v) is 5.58. The molecule has 2 atom stereocenters. The van der Waals surface area contributed by atoms with Crippen molar-refractivity contribution in [2.75, 3.05) is 5.75 Å². The summed E-state index contributed by atoms with van der Waals surface area (Å²) in [5.74, 6) is 0.791. The largest absolute Gasteiger partial charge is 0.384 e. The van der Waals surface area contributed by atoms with Crippen molar-refractivity contribution >= 4 is 27.7 Å². The van der Waals surface area contributed by atoms with Crippen LogP contribution in [0.25, 0.3) is 0 Å². The van der Waals surface area contributed by atoms with Crippen LogP contribution in [-0.4, -0.2) is 15.8 Å². The number of aromatic nitrogens is 1. The van der Waals surface area contributed by atoms with Gasteiger partial charge in [-0.1, -0.05) is 42.3 Å². The van der Waals surface area contributed by atoms with Gasteiger partial charge < -0.3 is 5.11 Å². The Hall–Kier alpha value is -0.840. The monoisotopic (exact) mass is 365 g/mol. The minimum atomic E-state index is -0.860. The van der Waals surface area contributed by atoms with Crippen molar-refractivity contribution in [3.63, 3.8) is 0 Å². The normalized spacial score (nSPS) is 15.4. The van der Waals surface area contributed by atoms with Crippen molar-refractivity contribution in [2.45, 2.75) is 30.8 Å². The van der Waals surface area contributed by atoms with Gasteiger partial charge in [-0.2, -0.15) is 0 Å². The molecule has 2 rings (SSSR count). The van der Waals surface area contributed by atoms with Gasteiger partial charge in [0.2, 0.25) is 0 Å². The highest BCUT2D eigenvalue weighted by molar-refractivity contribution is 9.10. The average Bonchev–Trinajstić information content (AvgIpc) is 2.54. The molecule has 112 valence electrons. The van der Waals surface area contributed by atoms with Crippen LogP contribution in [0.3, 0.4) is 0 Å². The van der Waals surface area contributed by atoms with E-state index in [2.05, 4.69) is 46.9 Å². The third kappa shape index (κ3) is 4.09. The zero-order chi connectivity index (χ0) is 15.3. The molecule has 21 heavy (non-hydrogen) atoms. The quantitative estimate of drug-likeness (QED) is 0.741. The molecule has 0 saturated heterocycles. The standard InChI is InChI=1S/C17H20BrNOS/c1-3-13(2)17(20,14-5-4-10-19-11-14)12-21-16-8-6-15(18)7-9-16/h4-11,13,20H,3,12H2,1-2H3. The Bertz CT molecular complexity index is 561. The molecule has 1 aromatic carbocycles. The van der Waals surface area contributed by atoms with E-state index in [0.717, 1.165) is 21.4 Å². The zero-order valence-corrected chi connectivity index (χ0v) is 14.7. The van der Waals surface area contributed by atoms with Gasteiger partial charge in [0.1, 0.15) is 5.60 Å². The van der Waals surface area contributed by atoms with Gasteiger partial charge in [-0.05, 0) is 36.2 Å². The van der Waals surface area contributed by atoms with Gasteiger partial charge in [0.25, 0.3) is 0 Å². The van der Waals surface area contributed by atoms with Crippen LogP contribution in [0.5, 0.6) is 0 Å². The molecular formula is C17H20BrNOS. The molecule has 0 radical (unpaired) electrons. The van der Waals surface area contributed by atoms with Crippen LogP contribution in [0.1, 0.15) is 25.8 Å². The van der Waals surface area contributed by atoms with Crippen molar-refractivity contribution in [3.05, 3.63) is 58.8 Å². The van der Waals surface area contributed by atoms with Crippen molar-refractivity contribution < 1.29 is 5.11 Å². The summed E-state index contributed by atoms with van der Waals surface area (Å²) in [4.78, 5) is 5.31. The molecule has 0 spiro atoms. The third-order valence-electron chi connectivity index (χ3n) is 3.86. The number of pyridine rings is 1. The molecule has 1 aromatic heterocycles. The van der Waals surface area contributed by atoms with Crippen LogP contribution in [0, 0.1) is 5.92 Å². The van der Waals surface area contributed by atoms with Gasteiger partial charge in [-0.15, -0.1) is 11.8 Å². The lowest BCUT2D eigenvalue weighted by atomic mass is 9.83. The fourth-order valence-corrected chi connectivity index (χ4v) is 3.62. The lowest BCUT2D eigenvalue weighted by Crippen LogP contribution is -2.36. The summed E-state index contributed by atoms with van der Waals surface area (Å²) < 4.78 is 1.07. The molecule has 4 heteroatoms. The summed E-state index contributed by atoms with van der Waals surface area (Å²) in [5, 5.41) is 11.2. The zero-order valence-electron chi connectivity index (χ0n) is 12.3. The van der Waals surface area contributed by atoms with Gasteiger partial charge in [-0.3, -0.25) is 4.98 Å². The molecule has 1 heterocycles. The summed E-state index contributed by atoms with van der Waals surface area (Å²) in [6.45, 7) is 4.20. The Morgan fingerprint density at radius 3 is 2.57 bits per heavy atom. The summed E-state index contributed by atoms with van der Waals surface area (Å²) in [7, 11) is 0. The van der Waals surface area contributed by atoms with E-state index < -0.39 is 5.60 Å². The molecule has 0 aliphatic heterocycles. The first-order valence-corrected chi connectivity index (χ1v) is 8.85. The fourth-order valence-electron chi connectivity index (χ4n) is 2.19. The first-order chi connectivity index (χ1) is 10.1. The SMILES string of the molecule is CCC(C)C(O)(CSc1ccc(Br)cc1)c1cccnc1. The molecule has 0 bridgehead atoms. The Morgan fingerprint density at radius 1 is 1.29 bits per heavy atom. The number of halogens is 1. The number of rotatable bonds is 6. The van der Waals surface area contributed by atoms with Gasteiger partial charge >= 0.3 is 0 Å².